The smallest absolute Gasteiger partial charge is 0.219 e. The van der Waals surface area contributed by atoms with Crippen molar-refractivity contribution in [1.82, 2.24) is 9.97 Å². The van der Waals surface area contributed by atoms with Crippen molar-refractivity contribution in [2.45, 2.75) is 57.9 Å². The minimum absolute atomic E-state index is 0.244. The lowest BCUT2D eigenvalue weighted by Crippen LogP contribution is -2.44. The van der Waals surface area contributed by atoms with Crippen LogP contribution < -0.4 is 10.5 Å². The Hall–Kier alpha value is -1.16. The molecule has 2 N–H and O–H groups in total. The summed E-state index contributed by atoms with van der Waals surface area (Å²) in [4.78, 5) is 8.62. The van der Waals surface area contributed by atoms with E-state index in [2.05, 4.69) is 23.8 Å². The maximum atomic E-state index is 6.25. The number of rotatable bonds is 5. The summed E-state index contributed by atoms with van der Waals surface area (Å²) in [6.45, 7) is 4.73. The molecule has 0 atom stereocenters. The first-order valence-electron chi connectivity index (χ1n) is 6.93. The summed E-state index contributed by atoms with van der Waals surface area (Å²) in [7, 11) is 0. The van der Waals surface area contributed by atoms with Gasteiger partial charge in [-0.3, -0.25) is 0 Å². The van der Waals surface area contributed by atoms with Crippen molar-refractivity contribution in [3.05, 3.63) is 17.6 Å². The maximum absolute atomic E-state index is 6.25. The van der Waals surface area contributed by atoms with Crippen molar-refractivity contribution >= 4 is 0 Å². The normalized spacial score (nSPS) is 15.3. The number of nitrogens with zero attached hydrogens (tertiary/aromatic N) is 2. The van der Waals surface area contributed by atoms with E-state index >= 15 is 0 Å². The Morgan fingerprint density at radius 2 is 1.94 bits per heavy atom. The Bertz CT molecular complexity index is 402. The first kappa shape index (κ1) is 13.3. The minimum atomic E-state index is -0.244. The van der Waals surface area contributed by atoms with Crippen molar-refractivity contribution in [1.29, 1.82) is 0 Å². The Morgan fingerprint density at radius 3 is 2.67 bits per heavy atom. The summed E-state index contributed by atoms with van der Waals surface area (Å²) in [6.07, 6.45) is 7.92. The molecule has 0 bridgehead atoms. The summed E-state index contributed by atoms with van der Waals surface area (Å²) < 4.78 is 5.88. The van der Waals surface area contributed by atoms with Gasteiger partial charge in [0.05, 0.1) is 5.69 Å². The van der Waals surface area contributed by atoms with Crippen molar-refractivity contribution < 1.29 is 4.74 Å². The predicted octanol–water partition coefficient (Wildman–Crippen LogP) is 2.25. The zero-order valence-electron chi connectivity index (χ0n) is 11.4. The Morgan fingerprint density at radius 1 is 1.22 bits per heavy atom. The largest absolute Gasteiger partial charge is 0.475 e. The molecular formula is C14H23N3O. The lowest BCUT2D eigenvalue weighted by Gasteiger charge is -2.27. The van der Waals surface area contributed by atoms with Crippen LogP contribution in [-0.2, 0) is 12.8 Å². The summed E-state index contributed by atoms with van der Waals surface area (Å²) in [5.41, 5.74) is 8.36. The molecule has 0 saturated carbocycles. The van der Waals surface area contributed by atoms with Crippen LogP contribution in [0.4, 0.5) is 0 Å². The predicted molar refractivity (Wildman–Crippen MR) is 71.7 cm³/mol. The fourth-order valence-corrected chi connectivity index (χ4v) is 2.28. The molecule has 2 rings (SSSR count). The van der Waals surface area contributed by atoms with Crippen LogP contribution in [0, 0.1) is 0 Å². The molecule has 4 nitrogen and oxygen atoms in total. The highest BCUT2D eigenvalue weighted by atomic mass is 16.5. The second-order valence-electron chi connectivity index (χ2n) is 5.17. The van der Waals surface area contributed by atoms with Crippen molar-refractivity contribution in [2.75, 3.05) is 6.61 Å². The van der Waals surface area contributed by atoms with Crippen molar-refractivity contribution in [3.63, 3.8) is 0 Å². The van der Waals surface area contributed by atoms with Crippen LogP contribution in [0.2, 0.25) is 0 Å². The topological polar surface area (TPSA) is 61.0 Å². The van der Waals surface area contributed by atoms with Gasteiger partial charge in [0.25, 0.3) is 0 Å². The van der Waals surface area contributed by atoms with E-state index in [4.69, 9.17) is 10.5 Å². The lowest BCUT2D eigenvalue weighted by molar-refractivity contribution is 0.198. The highest BCUT2D eigenvalue weighted by Gasteiger charge is 2.23. The molecule has 1 aromatic heterocycles. The molecule has 100 valence electrons. The van der Waals surface area contributed by atoms with Crippen molar-refractivity contribution in [2.24, 2.45) is 5.73 Å². The van der Waals surface area contributed by atoms with E-state index in [1.54, 1.807) is 6.33 Å². The second kappa shape index (κ2) is 5.65. The monoisotopic (exact) mass is 249 g/mol. The van der Waals surface area contributed by atoms with Crippen LogP contribution in [0.25, 0.3) is 0 Å². The van der Waals surface area contributed by atoms with Gasteiger partial charge in [0.1, 0.15) is 12.9 Å². The van der Waals surface area contributed by atoms with E-state index in [1.807, 2.05) is 0 Å². The third kappa shape index (κ3) is 2.80. The number of fused-ring (bicyclic) bond motifs is 1. The van der Waals surface area contributed by atoms with E-state index in [1.165, 1.54) is 18.4 Å². The minimum Gasteiger partial charge on any atom is -0.475 e. The molecule has 0 fully saturated rings. The van der Waals surface area contributed by atoms with Crippen LogP contribution in [0.5, 0.6) is 5.88 Å². The molecule has 0 aromatic carbocycles. The van der Waals surface area contributed by atoms with Crippen LogP contribution >= 0.6 is 0 Å². The van der Waals surface area contributed by atoms with E-state index < -0.39 is 0 Å². The molecule has 18 heavy (non-hydrogen) atoms. The molecule has 4 heteroatoms. The standard InChI is InChI=1S/C14H23N3O/c1-3-14(15,4-2)9-18-13-11-7-5-6-8-12(11)16-10-17-13/h10H,3-9,15H2,1-2H3. The zero-order valence-corrected chi connectivity index (χ0v) is 11.4. The van der Waals surface area contributed by atoms with E-state index in [9.17, 15) is 0 Å². The molecule has 0 spiro atoms. The summed E-state index contributed by atoms with van der Waals surface area (Å²) in [5.74, 6) is 0.747. The fourth-order valence-electron chi connectivity index (χ4n) is 2.28. The highest BCUT2D eigenvalue weighted by molar-refractivity contribution is 5.31. The Kier molecular flexibility index (Phi) is 4.17. The second-order valence-corrected chi connectivity index (χ2v) is 5.17. The highest BCUT2D eigenvalue weighted by Crippen LogP contribution is 2.26. The Labute approximate surface area is 109 Å². The number of aryl methyl sites for hydroxylation is 1. The van der Waals surface area contributed by atoms with Gasteiger partial charge in [0, 0.05) is 11.1 Å². The SMILES string of the molecule is CCC(N)(CC)COc1ncnc2c1CCCC2. The number of nitrogens with two attached hydrogens (primary N) is 1. The quantitative estimate of drug-likeness (QED) is 0.869. The van der Waals surface area contributed by atoms with Gasteiger partial charge in [0.15, 0.2) is 0 Å². The van der Waals surface area contributed by atoms with E-state index in [0.717, 1.165) is 37.3 Å². The van der Waals surface area contributed by atoms with Gasteiger partial charge in [-0.05, 0) is 38.5 Å². The molecule has 0 saturated heterocycles. The molecule has 1 aliphatic rings. The third-order valence-corrected chi connectivity index (χ3v) is 3.99. The van der Waals surface area contributed by atoms with Crippen LogP contribution in [0.3, 0.4) is 0 Å². The van der Waals surface area contributed by atoms with Gasteiger partial charge in [-0.1, -0.05) is 13.8 Å². The van der Waals surface area contributed by atoms with Crippen LogP contribution in [-0.4, -0.2) is 22.1 Å². The molecule has 0 amide bonds. The van der Waals surface area contributed by atoms with Gasteiger partial charge < -0.3 is 10.5 Å². The first-order valence-corrected chi connectivity index (χ1v) is 6.93. The number of hydrogen-bond acceptors (Lipinski definition) is 4. The molecule has 0 radical (unpaired) electrons. The molecule has 1 heterocycles. The van der Waals surface area contributed by atoms with Gasteiger partial charge in [-0.15, -0.1) is 0 Å². The van der Waals surface area contributed by atoms with Crippen molar-refractivity contribution in [3.8, 4) is 5.88 Å². The van der Waals surface area contributed by atoms with Gasteiger partial charge in [-0.2, -0.15) is 0 Å². The van der Waals surface area contributed by atoms with Gasteiger partial charge in [0.2, 0.25) is 5.88 Å². The van der Waals surface area contributed by atoms with E-state index in [0.29, 0.717) is 6.61 Å². The molecule has 0 unspecified atom stereocenters. The summed E-state index contributed by atoms with van der Waals surface area (Å²) in [6, 6.07) is 0. The Balaban J connectivity index is 2.10. The summed E-state index contributed by atoms with van der Waals surface area (Å²) in [5, 5.41) is 0. The molecule has 1 aliphatic carbocycles. The first-order chi connectivity index (χ1) is 8.68. The summed E-state index contributed by atoms with van der Waals surface area (Å²) >= 11 is 0. The average molecular weight is 249 g/mol. The molecular weight excluding hydrogens is 226 g/mol. The number of aromatic nitrogens is 2. The third-order valence-electron chi connectivity index (χ3n) is 3.99. The van der Waals surface area contributed by atoms with Crippen LogP contribution in [0.1, 0.15) is 50.8 Å². The number of hydrogen-bond donors (Lipinski definition) is 1. The van der Waals surface area contributed by atoms with E-state index in [-0.39, 0.29) is 5.54 Å². The molecule has 0 aliphatic heterocycles. The average Bonchev–Trinajstić information content (AvgIpc) is 2.44. The number of ether oxygens (including phenoxy) is 1. The lowest BCUT2D eigenvalue weighted by atomic mass is 9.95. The fraction of sp³-hybridized carbons (Fsp3) is 0.714. The van der Waals surface area contributed by atoms with Gasteiger partial charge in [-0.25, -0.2) is 9.97 Å². The van der Waals surface area contributed by atoms with Gasteiger partial charge >= 0.3 is 0 Å². The maximum Gasteiger partial charge on any atom is 0.219 e. The van der Waals surface area contributed by atoms with Crippen LogP contribution in [0.15, 0.2) is 6.33 Å². The zero-order chi connectivity index (χ0) is 13.0. The molecule has 1 aromatic rings.